The quantitative estimate of drug-likeness (QED) is 0.833. The summed E-state index contributed by atoms with van der Waals surface area (Å²) in [7, 11) is 0. The molecule has 3 rings (SSSR count). The molecule has 0 spiro atoms. The topological polar surface area (TPSA) is 74.6 Å². The fourth-order valence-electron chi connectivity index (χ4n) is 2.13. The third-order valence-corrected chi connectivity index (χ3v) is 4.12. The molecule has 0 fully saturated rings. The molecular formula is C16H10O4S. The summed E-state index contributed by atoms with van der Waals surface area (Å²) in [5.41, 5.74) is -0.279. The predicted octanol–water partition coefficient (Wildman–Crippen LogP) is 3.15. The average Bonchev–Trinajstić information content (AvgIpc) is 2.48. The second-order valence-corrected chi connectivity index (χ2v) is 5.59. The Balaban J connectivity index is 2.06. The molecule has 0 aliphatic heterocycles. The van der Waals surface area contributed by atoms with E-state index in [-0.39, 0.29) is 27.5 Å². The van der Waals surface area contributed by atoms with Gasteiger partial charge in [0, 0.05) is 11.0 Å². The number of aromatic hydroxyl groups is 2. The van der Waals surface area contributed by atoms with Gasteiger partial charge in [-0.15, -0.1) is 0 Å². The normalized spacial score (nSPS) is 13.8. The van der Waals surface area contributed by atoms with E-state index in [9.17, 15) is 19.8 Å². The van der Waals surface area contributed by atoms with Crippen LogP contribution in [0, 0.1) is 0 Å². The van der Waals surface area contributed by atoms with Crippen LogP contribution in [-0.2, 0) is 0 Å². The molecule has 0 aromatic heterocycles. The highest BCUT2D eigenvalue weighted by atomic mass is 32.2. The highest BCUT2D eigenvalue weighted by molar-refractivity contribution is 8.04. The lowest BCUT2D eigenvalue weighted by Gasteiger charge is -2.16. The molecule has 104 valence electrons. The minimum Gasteiger partial charge on any atom is -0.507 e. The molecule has 0 amide bonds. The zero-order valence-corrected chi connectivity index (χ0v) is 11.6. The molecule has 0 unspecified atom stereocenters. The van der Waals surface area contributed by atoms with Crippen molar-refractivity contribution < 1.29 is 19.8 Å². The Hall–Kier alpha value is -2.53. The molecule has 4 nitrogen and oxygen atoms in total. The van der Waals surface area contributed by atoms with Crippen LogP contribution in [0.25, 0.3) is 0 Å². The van der Waals surface area contributed by atoms with E-state index in [1.165, 1.54) is 18.2 Å². The highest BCUT2D eigenvalue weighted by Gasteiger charge is 2.31. The van der Waals surface area contributed by atoms with Crippen LogP contribution in [0.3, 0.4) is 0 Å². The number of benzene rings is 2. The van der Waals surface area contributed by atoms with Gasteiger partial charge in [0.05, 0.1) is 16.0 Å². The molecule has 2 N–H and O–H groups in total. The summed E-state index contributed by atoms with van der Waals surface area (Å²) in [6, 6.07) is 11.6. The molecule has 0 bridgehead atoms. The molecule has 0 radical (unpaired) electrons. The van der Waals surface area contributed by atoms with Crippen LogP contribution >= 0.6 is 11.8 Å². The Morgan fingerprint density at radius 2 is 1.43 bits per heavy atom. The molecule has 5 heteroatoms. The first kappa shape index (κ1) is 13.5. The third-order valence-electron chi connectivity index (χ3n) is 3.09. The van der Waals surface area contributed by atoms with Crippen molar-refractivity contribution in [3.8, 4) is 11.5 Å². The zero-order valence-electron chi connectivity index (χ0n) is 10.7. The van der Waals surface area contributed by atoms with E-state index in [1.807, 2.05) is 30.3 Å². The number of rotatable bonds is 2. The van der Waals surface area contributed by atoms with E-state index >= 15 is 0 Å². The maximum absolute atomic E-state index is 12.4. The summed E-state index contributed by atoms with van der Waals surface area (Å²) >= 11 is 1.15. The largest absolute Gasteiger partial charge is 0.507 e. The average molecular weight is 298 g/mol. The number of hydrogen-bond donors (Lipinski definition) is 2. The molecule has 1 aliphatic rings. The second-order valence-electron chi connectivity index (χ2n) is 4.47. The lowest BCUT2D eigenvalue weighted by molar-refractivity contribution is 0.0986. The molecule has 1 aliphatic carbocycles. The summed E-state index contributed by atoms with van der Waals surface area (Å²) < 4.78 is 0. The Kier molecular flexibility index (Phi) is 3.27. The SMILES string of the molecule is O=C1C=C(Sc2ccccc2)C(=O)c2c(O)ccc(O)c21. The van der Waals surface area contributed by atoms with Gasteiger partial charge in [-0.1, -0.05) is 30.0 Å². The van der Waals surface area contributed by atoms with E-state index in [0.29, 0.717) is 0 Å². The van der Waals surface area contributed by atoms with Crippen molar-refractivity contribution in [2.45, 2.75) is 4.90 Å². The first-order chi connectivity index (χ1) is 10.1. The number of phenols is 2. The molecule has 0 atom stereocenters. The molecule has 21 heavy (non-hydrogen) atoms. The van der Waals surface area contributed by atoms with Crippen LogP contribution in [0.5, 0.6) is 11.5 Å². The molecule has 2 aromatic carbocycles. The Labute approximate surface area is 124 Å². The fraction of sp³-hybridized carbons (Fsp3) is 0. The van der Waals surface area contributed by atoms with Crippen LogP contribution in [0.2, 0.25) is 0 Å². The number of ketones is 2. The number of thioether (sulfide) groups is 1. The first-order valence-electron chi connectivity index (χ1n) is 6.16. The van der Waals surface area contributed by atoms with Crippen molar-refractivity contribution in [1.82, 2.24) is 0 Å². The maximum atomic E-state index is 12.4. The van der Waals surface area contributed by atoms with Gasteiger partial charge in [0.1, 0.15) is 11.5 Å². The van der Waals surface area contributed by atoms with Gasteiger partial charge in [-0.2, -0.15) is 0 Å². The summed E-state index contributed by atoms with van der Waals surface area (Å²) in [5, 5.41) is 19.6. The molecule has 0 heterocycles. The van der Waals surface area contributed by atoms with E-state index in [1.54, 1.807) is 0 Å². The van der Waals surface area contributed by atoms with E-state index in [0.717, 1.165) is 16.7 Å². The van der Waals surface area contributed by atoms with E-state index in [4.69, 9.17) is 0 Å². The Bertz CT molecular complexity index is 778. The number of hydrogen-bond acceptors (Lipinski definition) is 5. The van der Waals surface area contributed by atoms with Crippen molar-refractivity contribution in [3.05, 3.63) is 64.6 Å². The number of phenolic OH excluding ortho intramolecular Hbond substituents is 2. The second kappa shape index (κ2) is 5.10. The summed E-state index contributed by atoms with van der Waals surface area (Å²) in [6.07, 6.45) is 1.20. The molecule has 0 saturated heterocycles. The first-order valence-corrected chi connectivity index (χ1v) is 6.98. The molecular weight excluding hydrogens is 288 g/mol. The van der Waals surface area contributed by atoms with Crippen molar-refractivity contribution in [2.75, 3.05) is 0 Å². The van der Waals surface area contributed by atoms with Gasteiger partial charge in [-0.25, -0.2) is 0 Å². The van der Waals surface area contributed by atoms with Crippen LogP contribution in [0.4, 0.5) is 0 Å². The summed E-state index contributed by atoms with van der Waals surface area (Å²) in [4.78, 5) is 25.6. The lowest BCUT2D eigenvalue weighted by atomic mass is 9.93. The number of fused-ring (bicyclic) bond motifs is 1. The van der Waals surface area contributed by atoms with Crippen LogP contribution < -0.4 is 0 Å². The van der Waals surface area contributed by atoms with Crippen molar-refractivity contribution in [2.24, 2.45) is 0 Å². The summed E-state index contributed by atoms with van der Waals surface area (Å²) in [5.74, 6) is -1.56. The minimum absolute atomic E-state index is 0.138. The van der Waals surface area contributed by atoms with Crippen LogP contribution in [-0.4, -0.2) is 21.8 Å². The van der Waals surface area contributed by atoms with Gasteiger partial charge >= 0.3 is 0 Å². The number of allylic oxidation sites excluding steroid dienone is 2. The molecule has 0 saturated carbocycles. The van der Waals surface area contributed by atoms with Gasteiger partial charge in [0.25, 0.3) is 0 Å². The van der Waals surface area contributed by atoms with Crippen molar-refractivity contribution in [1.29, 1.82) is 0 Å². The van der Waals surface area contributed by atoms with Gasteiger partial charge in [0.2, 0.25) is 5.78 Å². The zero-order chi connectivity index (χ0) is 15.0. The van der Waals surface area contributed by atoms with Crippen LogP contribution in [0.15, 0.2) is 58.3 Å². The smallest absolute Gasteiger partial charge is 0.204 e. The minimum atomic E-state index is -0.489. The van der Waals surface area contributed by atoms with E-state index < -0.39 is 11.6 Å². The van der Waals surface area contributed by atoms with Gasteiger partial charge in [-0.3, -0.25) is 9.59 Å². The Morgan fingerprint density at radius 1 is 0.810 bits per heavy atom. The monoisotopic (exact) mass is 298 g/mol. The fourth-order valence-corrected chi connectivity index (χ4v) is 3.04. The van der Waals surface area contributed by atoms with Gasteiger partial charge in [-0.05, 0) is 24.3 Å². The Morgan fingerprint density at radius 3 is 2.10 bits per heavy atom. The van der Waals surface area contributed by atoms with Crippen LogP contribution in [0.1, 0.15) is 20.7 Å². The maximum Gasteiger partial charge on any atom is 0.204 e. The number of carbonyl (C=O) groups excluding carboxylic acids is 2. The highest BCUT2D eigenvalue weighted by Crippen LogP contribution is 2.39. The van der Waals surface area contributed by atoms with Crippen molar-refractivity contribution in [3.63, 3.8) is 0 Å². The lowest BCUT2D eigenvalue weighted by Crippen LogP contribution is -2.16. The van der Waals surface area contributed by atoms with E-state index in [2.05, 4.69) is 0 Å². The standard InChI is InChI=1S/C16H10O4S/c17-10-6-7-11(18)15-14(10)12(19)8-13(16(15)20)21-9-4-2-1-3-5-9/h1-8,17-18H. The number of carbonyl (C=O) groups is 2. The van der Waals surface area contributed by atoms with Crippen molar-refractivity contribution >= 4 is 23.3 Å². The predicted molar refractivity (Wildman–Crippen MR) is 78.8 cm³/mol. The summed E-state index contributed by atoms with van der Waals surface area (Å²) in [6.45, 7) is 0. The van der Waals surface area contributed by atoms with Gasteiger partial charge in [0.15, 0.2) is 5.78 Å². The third kappa shape index (κ3) is 2.32. The molecule has 2 aromatic rings. The number of Topliss-reactive ketones (excluding diaryl/α,β-unsaturated/α-hetero) is 1. The van der Waals surface area contributed by atoms with Gasteiger partial charge < -0.3 is 10.2 Å².